The molecular weight excluding hydrogens is 186 g/mol. The van der Waals surface area contributed by atoms with Gasteiger partial charge in [-0.05, 0) is 24.4 Å². The summed E-state index contributed by atoms with van der Waals surface area (Å²) in [7, 11) is 0. The molecule has 0 radical (unpaired) electrons. The molecule has 3 aromatic heterocycles. The number of rotatable bonds is 0. The van der Waals surface area contributed by atoms with Gasteiger partial charge >= 0.3 is 0 Å². The first-order chi connectivity index (χ1) is 5.84. The van der Waals surface area contributed by atoms with Crippen molar-refractivity contribution in [3.63, 3.8) is 0 Å². The van der Waals surface area contributed by atoms with Gasteiger partial charge < -0.3 is 4.98 Å². The van der Waals surface area contributed by atoms with E-state index in [0.717, 1.165) is 0 Å². The predicted molar refractivity (Wildman–Crippen MR) is 56.3 cm³/mol. The van der Waals surface area contributed by atoms with Crippen LogP contribution in [0.3, 0.4) is 0 Å². The highest BCUT2D eigenvalue weighted by Crippen LogP contribution is 2.35. The average Bonchev–Trinajstić information content (AvgIpc) is 2.59. The summed E-state index contributed by atoms with van der Waals surface area (Å²) in [5, 5.41) is 2.13. The Morgan fingerprint density at radius 2 is 2.17 bits per heavy atom. The Labute approximate surface area is 77.6 Å². The molecule has 0 bridgehead atoms. The number of aryl methyl sites for hydroxylation is 1. The number of hydrogen-bond acceptors (Lipinski definition) is 2. The molecule has 0 unspecified atom stereocenters. The van der Waals surface area contributed by atoms with Crippen LogP contribution in [0.1, 0.15) is 4.88 Å². The van der Waals surface area contributed by atoms with Crippen molar-refractivity contribution in [1.29, 1.82) is 0 Å². The van der Waals surface area contributed by atoms with E-state index in [1.54, 1.807) is 0 Å². The fourth-order valence-corrected chi connectivity index (χ4v) is 3.50. The van der Waals surface area contributed by atoms with Gasteiger partial charge in [0.1, 0.15) is 0 Å². The molecule has 3 aromatic rings. The second-order valence-corrected chi connectivity index (χ2v) is 5.06. The Hall–Kier alpha value is -0.800. The molecule has 60 valence electrons. The van der Waals surface area contributed by atoms with Crippen molar-refractivity contribution in [2.24, 2.45) is 0 Å². The van der Waals surface area contributed by atoms with Gasteiger partial charge in [0.25, 0.3) is 0 Å². The molecule has 0 saturated heterocycles. The summed E-state index contributed by atoms with van der Waals surface area (Å²) in [6, 6.07) is 4.36. The van der Waals surface area contributed by atoms with Crippen LogP contribution in [0.5, 0.6) is 0 Å². The number of aromatic nitrogens is 1. The zero-order chi connectivity index (χ0) is 8.13. The van der Waals surface area contributed by atoms with Crippen molar-refractivity contribution in [2.45, 2.75) is 6.92 Å². The fraction of sp³-hybridized carbons (Fsp3) is 0.111. The van der Waals surface area contributed by atoms with Gasteiger partial charge in [-0.3, -0.25) is 0 Å². The van der Waals surface area contributed by atoms with E-state index < -0.39 is 0 Å². The quantitative estimate of drug-likeness (QED) is 0.559. The zero-order valence-corrected chi connectivity index (χ0v) is 8.18. The minimum Gasteiger partial charge on any atom is -0.353 e. The van der Waals surface area contributed by atoms with Gasteiger partial charge in [0.05, 0.1) is 20.4 Å². The van der Waals surface area contributed by atoms with Crippen molar-refractivity contribution < 1.29 is 0 Å². The highest BCUT2D eigenvalue weighted by atomic mass is 32.1. The molecular formula is C9H7NS2. The van der Waals surface area contributed by atoms with Crippen molar-refractivity contribution in [3.8, 4) is 0 Å². The molecule has 1 N–H and O–H groups in total. The Morgan fingerprint density at radius 3 is 3.08 bits per heavy atom. The van der Waals surface area contributed by atoms with Crippen molar-refractivity contribution in [3.05, 3.63) is 22.4 Å². The smallest absolute Gasteiger partial charge is 0.0701 e. The Balaban J connectivity index is 2.64. The summed E-state index contributed by atoms with van der Waals surface area (Å²) < 4.78 is 2.82. The van der Waals surface area contributed by atoms with E-state index in [-0.39, 0.29) is 0 Å². The second-order valence-electron chi connectivity index (χ2n) is 2.89. The van der Waals surface area contributed by atoms with Crippen molar-refractivity contribution in [1.82, 2.24) is 4.98 Å². The maximum atomic E-state index is 3.40. The molecule has 0 fully saturated rings. The lowest BCUT2D eigenvalue weighted by atomic mass is 10.4. The maximum absolute atomic E-state index is 3.40. The normalized spacial score (nSPS) is 11.8. The van der Waals surface area contributed by atoms with Gasteiger partial charge in [0, 0.05) is 4.88 Å². The Kier molecular flexibility index (Phi) is 1.18. The molecule has 0 aromatic carbocycles. The minimum atomic E-state index is 1.28. The highest BCUT2D eigenvalue weighted by Gasteiger charge is 2.06. The fourth-order valence-electron chi connectivity index (χ4n) is 1.50. The lowest BCUT2D eigenvalue weighted by Gasteiger charge is -1.75. The topological polar surface area (TPSA) is 15.8 Å². The molecule has 0 amide bonds. The van der Waals surface area contributed by atoms with E-state index in [1.165, 1.54) is 25.3 Å². The maximum Gasteiger partial charge on any atom is 0.0701 e. The van der Waals surface area contributed by atoms with Crippen LogP contribution in [0.4, 0.5) is 0 Å². The minimum absolute atomic E-state index is 1.28. The summed E-state index contributed by atoms with van der Waals surface area (Å²) in [4.78, 5) is 4.78. The van der Waals surface area contributed by atoms with Crippen LogP contribution in [-0.2, 0) is 0 Å². The van der Waals surface area contributed by atoms with Crippen LogP contribution in [-0.4, -0.2) is 4.98 Å². The monoisotopic (exact) mass is 193 g/mol. The third-order valence-electron chi connectivity index (χ3n) is 2.00. The average molecular weight is 193 g/mol. The first kappa shape index (κ1) is 6.69. The van der Waals surface area contributed by atoms with Crippen molar-refractivity contribution in [2.75, 3.05) is 0 Å². The molecule has 0 aliphatic heterocycles. The number of thiophene rings is 2. The lowest BCUT2D eigenvalue weighted by Crippen LogP contribution is -1.58. The third kappa shape index (κ3) is 0.726. The summed E-state index contributed by atoms with van der Waals surface area (Å²) in [6.45, 7) is 2.15. The molecule has 0 saturated carbocycles. The molecule has 12 heavy (non-hydrogen) atoms. The Bertz CT molecular complexity index is 541. The van der Waals surface area contributed by atoms with Crippen molar-refractivity contribution >= 4 is 43.1 Å². The number of fused-ring (bicyclic) bond motifs is 3. The van der Waals surface area contributed by atoms with E-state index in [9.17, 15) is 0 Å². The Morgan fingerprint density at radius 1 is 1.25 bits per heavy atom. The van der Waals surface area contributed by atoms with Crippen LogP contribution in [0.2, 0.25) is 0 Å². The molecule has 3 heterocycles. The van der Waals surface area contributed by atoms with Crippen LogP contribution in [0.15, 0.2) is 17.5 Å². The first-order valence-corrected chi connectivity index (χ1v) is 5.49. The van der Waals surface area contributed by atoms with Gasteiger partial charge in [-0.1, -0.05) is 0 Å². The van der Waals surface area contributed by atoms with E-state index in [1.807, 2.05) is 22.7 Å². The molecule has 3 rings (SSSR count). The number of aromatic amines is 1. The number of hydrogen-bond donors (Lipinski definition) is 1. The molecule has 0 spiro atoms. The summed E-state index contributed by atoms with van der Waals surface area (Å²) in [5.41, 5.74) is 2.57. The van der Waals surface area contributed by atoms with Gasteiger partial charge in [-0.2, -0.15) is 0 Å². The SMILES string of the molecule is Cc1cc2[nH]c3ccsc3c2s1. The summed E-state index contributed by atoms with van der Waals surface area (Å²) in [5.74, 6) is 0. The van der Waals surface area contributed by atoms with Gasteiger partial charge in [-0.15, -0.1) is 22.7 Å². The van der Waals surface area contributed by atoms with Gasteiger partial charge in [0.2, 0.25) is 0 Å². The first-order valence-electron chi connectivity index (χ1n) is 3.80. The van der Waals surface area contributed by atoms with E-state index in [4.69, 9.17) is 0 Å². The van der Waals surface area contributed by atoms with E-state index in [2.05, 4.69) is 29.4 Å². The zero-order valence-electron chi connectivity index (χ0n) is 6.55. The third-order valence-corrected chi connectivity index (χ3v) is 4.13. The standard InChI is InChI=1S/C9H7NS2/c1-5-4-7-9(12-5)8-6(10-7)2-3-11-8/h2-4,10H,1H3. The van der Waals surface area contributed by atoms with Crippen LogP contribution >= 0.6 is 22.7 Å². The second kappa shape index (κ2) is 2.12. The molecule has 0 aliphatic carbocycles. The molecule has 0 aliphatic rings. The number of H-pyrrole nitrogens is 1. The van der Waals surface area contributed by atoms with Crippen LogP contribution in [0.25, 0.3) is 20.4 Å². The largest absolute Gasteiger partial charge is 0.353 e. The molecule has 3 heteroatoms. The summed E-state index contributed by atoms with van der Waals surface area (Å²) >= 11 is 3.69. The number of nitrogens with one attached hydrogen (secondary N) is 1. The predicted octanol–water partition coefficient (Wildman–Crippen LogP) is 3.75. The molecule has 0 atom stereocenters. The van der Waals surface area contributed by atoms with Gasteiger partial charge in [0.15, 0.2) is 0 Å². The van der Waals surface area contributed by atoms with Crippen LogP contribution < -0.4 is 0 Å². The van der Waals surface area contributed by atoms with Gasteiger partial charge in [-0.25, -0.2) is 0 Å². The molecule has 1 nitrogen and oxygen atoms in total. The van der Waals surface area contributed by atoms with E-state index in [0.29, 0.717) is 0 Å². The van der Waals surface area contributed by atoms with Crippen LogP contribution in [0, 0.1) is 6.92 Å². The highest BCUT2D eigenvalue weighted by molar-refractivity contribution is 7.26. The van der Waals surface area contributed by atoms with E-state index >= 15 is 0 Å². The lowest BCUT2D eigenvalue weighted by molar-refractivity contribution is 1.55. The summed E-state index contributed by atoms with van der Waals surface area (Å²) in [6.07, 6.45) is 0.